The lowest BCUT2D eigenvalue weighted by molar-refractivity contribution is -0.243. The SMILES string of the molecule is COC1CCC(C2OCC(OC(=O)O)CO2)CC1. The fraction of sp³-hybridized carbons (Fsp3) is 0.917. The highest BCUT2D eigenvalue weighted by molar-refractivity contribution is 5.57. The van der Waals surface area contributed by atoms with Crippen LogP contribution in [0, 0.1) is 5.92 Å². The van der Waals surface area contributed by atoms with Crippen LogP contribution in [0.3, 0.4) is 0 Å². The summed E-state index contributed by atoms with van der Waals surface area (Å²) in [5.41, 5.74) is 0. The van der Waals surface area contributed by atoms with Gasteiger partial charge in [-0.15, -0.1) is 0 Å². The molecule has 1 aliphatic carbocycles. The van der Waals surface area contributed by atoms with Gasteiger partial charge in [-0.25, -0.2) is 4.79 Å². The van der Waals surface area contributed by atoms with Gasteiger partial charge in [0.1, 0.15) is 0 Å². The minimum absolute atomic E-state index is 0.226. The molecule has 6 heteroatoms. The number of carbonyl (C=O) groups is 1. The highest BCUT2D eigenvalue weighted by atomic mass is 16.7. The molecule has 6 nitrogen and oxygen atoms in total. The minimum atomic E-state index is -1.29. The van der Waals surface area contributed by atoms with Crippen molar-refractivity contribution >= 4 is 6.16 Å². The molecule has 0 radical (unpaired) electrons. The second-order valence-corrected chi connectivity index (χ2v) is 4.81. The monoisotopic (exact) mass is 260 g/mol. The fourth-order valence-corrected chi connectivity index (χ4v) is 2.58. The first-order chi connectivity index (χ1) is 8.69. The summed E-state index contributed by atoms with van der Waals surface area (Å²) in [5, 5.41) is 8.49. The molecule has 0 spiro atoms. The first kappa shape index (κ1) is 13.6. The van der Waals surface area contributed by atoms with E-state index in [0.717, 1.165) is 25.7 Å². The summed E-state index contributed by atoms with van der Waals surface area (Å²) in [6, 6.07) is 0. The van der Waals surface area contributed by atoms with Gasteiger partial charge in [0.05, 0.1) is 19.3 Å². The van der Waals surface area contributed by atoms with Crippen molar-refractivity contribution in [1.29, 1.82) is 0 Å². The van der Waals surface area contributed by atoms with E-state index in [1.807, 2.05) is 0 Å². The number of hydrogen-bond donors (Lipinski definition) is 1. The maximum atomic E-state index is 10.4. The van der Waals surface area contributed by atoms with Crippen molar-refractivity contribution in [3.8, 4) is 0 Å². The van der Waals surface area contributed by atoms with Crippen LogP contribution in [0.5, 0.6) is 0 Å². The average Bonchev–Trinajstić information content (AvgIpc) is 2.39. The summed E-state index contributed by atoms with van der Waals surface area (Å²) in [4.78, 5) is 10.4. The number of hydrogen-bond acceptors (Lipinski definition) is 5. The Balaban J connectivity index is 1.71. The molecule has 1 aliphatic heterocycles. The fourth-order valence-electron chi connectivity index (χ4n) is 2.58. The van der Waals surface area contributed by atoms with Gasteiger partial charge in [-0.3, -0.25) is 0 Å². The average molecular weight is 260 g/mol. The van der Waals surface area contributed by atoms with Gasteiger partial charge in [0, 0.05) is 13.0 Å². The predicted molar refractivity (Wildman–Crippen MR) is 61.3 cm³/mol. The van der Waals surface area contributed by atoms with Crippen LogP contribution in [-0.2, 0) is 18.9 Å². The quantitative estimate of drug-likeness (QED) is 0.777. The Bertz CT molecular complexity index is 266. The highest BCUT2D eigenvalue weighted by Gasteiger charge is 2.33. The van der Waals surface area contributed by atoms with Gasteiger partial charge in [-0.2, -0.15) is 0 Å². The molecule has 0 bridgehead atoms. The van der Waals surface area contributed by atoms with E-state index in [4.69, 9.17) is 19.3 Å². The lowest BCUT2D eigenvalue weighted by Crippen LogP contribution is -2.42. The van der Waals surface area contributed by atoms with E-state index >= 15 is 0 Å². The van der Waals surface area contributed by atoms with Crippen LogP contribution >= 0.6 is 0 Å². The summed E-state index contributed by atoms with van der Waals surface area (Å²) in [6.45, 7) is 0.558. The molecule has 0 aromatic heterocycles. The van der Waals surface area contributed by atoms with E-state index in [-0.39, 0.29) is 19.5 Å². The molecule has 2 aliphatic rings. The number of carboxylic acid groups (broad SMARTS) is 1. The molecule has 1 N–H and O–H groups in total. The van der Waals surface area contributed by atoms with Crippen molar-refractivity contribution in [3.63, 3.8) is 0 Å². The van der Waals surface area contributed by atoms with Gasteiger partial charge in [0.25, 0.3) is 0 Å². The summed E-state index contributed by atoms with van der Waals surface area (Å²) >= 11 is 0. The Morgan fingerprint density at radius 1 is 1.11 bits per heavy atom. The number of methoxy groups -OCH3 is 1. The number of ether oxygens (including phenoxy) is 4. The third kappa shape index (κ3) is 3.57. The lowest BCUT2D eigenvalue weighted by atomic mass is 9.86. The Kier molecular flexibility index (Phi) is 4.79. The van der Waals surface area contributed by atoms with Gasteiger partial charge in [0.2, 0.25) is 0 Å². The molecule has 1 heterocycles. The minimum Gasteiger partial charge on any atom is -0.450 e. The third-order valence-corrected chi connectivity index (χ3v) is 3.60. The standard InChI is InChI=1S/C12H20O6/c1-15-9-4-2-8(3-5-9)11-16-6-10(7-17-11)18-12(13)14/h8-11H,2-7H2,1H3,(H,13,14). The molecular formula is C12H20O6. The van der Waals surface area contributed by atoms with E-state index in [0.29, 0.717) is 12.0 Å². The Labute approximate surface area is 106 Å². The van der Waals surface area contributed by atoms with Crippen molar-refractivity contribution < 1.29 is 28.8 Å². The van der Waals surface area contributed by atoms with Crippen LogP contribution in [0.1, 0.15) is 25.7 Å². The van der Waals surface area contributed by atoms with Gasteiger partial charge in [0.15, 0.2) is 12.4 Å². The largest absolute Gasteiger partial charge is 0.506 e. The van der Waals surface area contributed by atoms with Gasteiger partial charge >= 0.3 is 6.16 Å². The van der Waals surface area contributed by atoms with E-state index in [9.17, 15) is 4.79 Å². The molecular weight excluding hydrogens is 240 g/mol. The molecule has 2 rings (SSSR count). The zero-order chi connectivity index (χ0) is 13.0. The van der Waals surface area contributed by atoms with Crippen LogP contribution in [0.15, 0.2) is 0 Å². The first-order valence-electron chi connectivity index (χ1n) is 6.34. The van der Waals surface area contributed by atoms with E-state index < -0.39 is 12.3 Å². The van der Waals surface area contributed by atoms with Gasteiger partial charge in [-0.1, -0.05) is 0 Å². The molecule has 2 fully saturated rings. The number of rotatable bonds is 3. The van der Waals surface area contributed by atoms with Gasteiger partial charge in [-0.05, 0) is 25.7 Å². The predicted octanol–water partition coefficient (Wildman–Crippen LogP) is 1.63. The summed E-state index contributed by atoms with van der Waals surface area (Å²) in [7, 11) is 1.74. The maximum absolute atomic E-state index is 10.4. The molecule has 1 saturated carbocycles. The lowest BCUT2D eigenvalue weighted by Gasteiger charge is -2.36. The van der Waals surface area contributed by atoms with Crippen molar-refractivity contribution in [2.75, 3.05) is 20.3 Å². The zero-order valence-corrected chi connectivity index (χ0v) is 10.5. The molecule has 104 valence electrons. The van der Waals surface area contributed by atoms with Crippen LogP contribution in [0.4, 0.5) is 4.79 Å². The Morgan fingerprint density at radius 2 is 1.72 bits per heavy atom. The first-order valence-corrected chi connectivity index (χ1v) is 6.34. The van der Waals surface area contributed by atoms with Crippen LogP contribution < -0.4 is 0 Å². The molecule has 0 atom stereocenters. The summed E-state index contributed by atoms with van der Waals surface area (Å²) in [6.07, 6.45) is 2.44. The van der Waals surface area contributed by atoms with Crippen LogP contribution in [0.25, 0.3) is 0 Å². The zero-order valence-electron chi connectivity index (χ0n) is 10.5. The van der Waals surface area contributed by atoms with Crippen LogP contribution in [0.2, 0.25) is 0 Å². The van der Waals surface area contributed by atoms with Crippen molar-refractivity contribution in [1.82, 2.24) is 0 Å². The van der Waals surface area contributed by atoms with Crippen molar-refractivity contribution in [2.45, 2.75) is 44.2 Å². The normalized spacial score (nSPS) is 37.2. The topological polar surface area (TPSA) is 74.2 Å². The molecule has 0 unspecified atom stereocenters. The van der Waals surface area contributed by atoms with Crippen LogP contribution in [-0.4, -0.2) is 50.1 Å². The van der Waals surface area contributed by atoms with Gasteiger partial charge < -0.3 is 24.1 Å². The maximum Gasteiger partial charge on any atom is 0.506 e. The highest BCUT2D eigenvalue weighted by Crippen LogP contribution is 2.31. The molecule has 18 heavy (non-hydrogen) atoms. The summed E-state index contributed by atoms with van der Waals surface area (Å²) < 4.78 is 21.0. The third-order valence-electron chi connectivity index (χ3n) is 3.60. The molecule has 0 amide bonds. The van der Waals surface area contributed by atoms with E-state index in [1.54, 1.807) is 7.11 Å². The second-order valence-electron chi connectivity index (χ2n) is 4.81. The van der Waals surface area contributed by atoms with E-state index in [1.165, 1.54) is 0 Å². The molecule has 1 saturated heterocycles. The van der Waals surface area contributed by atoms with Crippen molar-refractivity contribution in [3.05, 3.63) is 0 Å². The Hall–Kier alpha value is -0.850. The molecule has 0 aromatic rings. The molecule has 0 aromatic carbocycles. The second kappa shape index (κ2) is 6.36. The Morgan fingerprint density at radius 3 is 2.22 bits per heavy atom. The summed E-state index contributed by atoms with van der Waals surface area (Å²) in [5.74, 6) is 0.377. The van der Waals surface area contributed by atoms with E-state index in [2.05, 4.69) is 4.74 Å². The van der Waals surface area contributed by atoms with Crippen molar-refractivity contribution in [2.24, 2.45) is 5.92 Å². The smallest absolute Gasteiger partial charge is 0.450 e.